The van der Waals surface area contributed by atoms with Crippen LogP contribution < -0.4 is 0 Å². The second-order valence-electron chi connectivity index (χ2n) is 6.94. The standard InChI is InChI=1S/C16H25FN4O2/c1-16(2,3)23-15(22)20(4)10-13-8-12(17)9-21(13)11-14-18-6-5-7-19-14/h5-7,12-13H,8-11H2,1-4H3/t12-,13-/m0/s1. The smallest absolute Gasteiger partial charge is 0.410 e. The number of amides is 1. The van der Waals surface area contributed by atoms with E-state index in [9.17, 15) is 9.18 Å². The lowest BCUT2D eigenvalue weighted by molar-refractivity contribution is 0.0256. The van der Waals surface area contributed by atoms with Gasteiger partial charge in [0, 0.05) is 38.6 Å². The Morgan fingerprint density at radius 1 is 1.43 bits per heavy atom. The van der Waals surface area contributed by atoms with Crippen LogP contribution in [0.3, 0.4) is 0 Å². The Kier molecular flexibility index (Phi) is 5.51. The molecule has 2 atom stereocenters. The molecule has 0 N–H and O–H groups in total. The van der Waals surface area contributed by atoms with E-state index in [1.54, 1.807) is 25.5 Å². The van der Waals surface area contributed by atoms with E-state index in [1.807, 2.05) is 25.7 Å². The Hall–Kier alpha value is -1.76. The van der Waals surface area contributed by atoms with E-state index in [0.717, 1.165) is 0 Å². The van der Waals surface area contributed by atoms with Crippen molar-refractivity contribution in [1.82, 2.24) is 19.8 Å². The zero-order chi connectivity index (χ0) is 17.0. The Labute approximate surface area is 136 Å². The first-order valence-corrected chi connectivity index (χ1v) is 7.83. The van der Waals surface area contributed by atoms with E-state index in [1.165, 1.54) is 4.90 Å². The highest BCUT2D eigenvalue weighted by Crippen LogP contribution is 2.23. The molecule has 0 bridgehead atoms. The van der Waals surface area contributed by atoms with Crippen LogP contribution in [-0.4, -0.2) is 63.8 Å². The van der Waals surface area contributed by atoms with Crippen LogP contribution in [0.2, 0.25) is 0 Å². The van der Waals surface area contributed by atoms with Crippen LogP contribution in [0, 0.1) is 0 Å². The van der Waals surface area contributed by atoms with Crippen LogP contribution in [0.4, 0.5) is 9.18 Å². The third-order valence-corrected chi connectivity index (χ3v) is 3.63. The third kappa shape index (κ3) is 5.42. The molecule has 1 aromatic heterocycles. The Balaban J connectivity index is 1.95. The SMILES string of the molecule is CN(C[C@@H]1C[C@H](F)CN1Cc1ncccn1)C(=O)OC(C)(C)C. The molecular weight excluding hydrogens is 299 g/mol. The van der Waals surface area contributed by atoms with Gasteiger partial charge in [-0.05, 0) is 33.3 Å². The van der Waals surface area contributed by atoms with E-state index in [2.05, 4.69) is 9.97 Å². The Morgan fingerprint density at radius 3 is 2.70 bits per heavy atom. The summed E-state index contributed by atoms with van der Waals surface area (Å²) < 4.78 is 19.2. The van der Waals surface area contributed by atoms with Crippen molar-refractivity contribution < 1.29 is 13.9 Å². The molecule has 1 aromatic rings. The average Bonchev–Trinajstić information content (AvgIpc) is 2.77. The van der Waals surface area contributed by atoms with Crippen LogP contribution in [0.25, 0.3) is 0 Å². The minimum atomic E-state index is -0.893. The van der Waals surface area contributed by atoms with E-state index in [-0.39, 0.29) is 6.04 Å². The first-order valence-electron chi connectivity index (χ1n) is 7.83. The quantitative estimate of drug-likeness (QED) is 0.850. The molecule has 7 heteroatoms. The highest BCUT2D eigenvalue weighted by molar-refractivity contribution is 5.67. The molecule has 1 fully saturated rings. The highest BCUT2D eigenvalue weighted by Gasteiger charge is 2.34. The molecule has 0 aliphatic carbocycles. The fourth-order valence-electron chi connectivity index (χ4n) is 2.63. The summed E-state index contributed by atoms with van der Waals surface area (Å²) in [6.45, 7) is 6.71. The van der Waals surface area contributed by atoms with Gasteiger partial charge in [0.1, 0.15) is 17.6 Å². The number of hydrogen-bond donors (Lipinski definition) is 0. The number of carbonyl (C=O) groups is 1. The first kappa shape index (κ1) is 17.6. The van der Waals surface area contributed by atoms with Gasteiger partial charge in [-0.15, -0.1) is 0 Å². The Bertz CT molecular complexity index is 521. The number of ether oxygens (including phenoxy) is 1. The number of halogens is 1. The van der Waals surface area contributed by atoms with E-state index >= 15 is 0 Å². The molecule has 23 heavy (non-hydrogen) atoms. The van der Waals surface area contributed by atoms with Crippen molar-refractivity contribution in [3.63, 3.8) is 0 Å². The third-order valence-electron chi connectivity index (χ3n) is 3.63. The van der Waals surface area contributed by atoms with Crippen molar-refractivity contribution >= 4 is 6.09 Å². The Morgan fingerprint density at radius 2 is 2.09 bits per heavy atom. The van der Waals surface area contributed by atoms with Crippen LogP contribution in [-0.2, 0) is 11.3 Å². The number of hydrogen-bond acceptors (Lipinski definition) is 5. The van der Waals surface area contributed by atoms with Crippen molar-refractivity contribution in [2.75, 3.05) is 20.1 Å². The van der Waals surface area contributed by atoms with Gasteiger partial charge in [-0.3, -0.25) is 4.90 Å². The van der Waals surface area contributed by atoms with Crippen molar-refractivity contribution in [2.45, 2.75) is 51.6 Å². The minimum Gasteiger partial charge on any atom is -0.444 e. The zero-order valence-corrected chi connectivity index (χ0v) is 14.2. The van der Waals surface area contributed by atoms with Gasteiger partial charge in [-0.25, -0.2) is 19.2 Å². The fraction of sp³-hybridized carbons (Fsp3) is 0.688. The predicted octanol–water partition coefficient (Wildman–Crippen LogP) is 2.26. The molecule has 1 aliphatic heterocycles. The topological polar surface area (TPSA) is 58.6 Å². The molecule has 0 unspecified atom stereocenters. The summed E-state index contributed by atoms with van der Waals surface area (Å²) in [7, 11) is 1.68. The summed E-state index contributed by atoms with van der Waals surface area (Å²) >= 11 is 0. The van der Waals surface area contributed by atoms with Gasteiger partial charge in [0.15, 0.2) is 0 Å². The number of rotatable bonds is 4. The summed E-state index contributed by atoms with van der Waals surface area (Å²) in [5, 5.41) is 0. The van der Waals surface area contributed by atoms with Crippen LogP contribution in [0.1, 0.15) is 33.0 Å². The molecule has 0 spiro atoms. The number of carbonyl (C=O) groups excluding carboxylic acids is 1. The molecule has 6 nitrogen and oxygen atoms in total. The number of likely N-dealkylation sites (N-methyl/N-ethyl adjacent to an activating group) is 1. The fourth-order valence-corrected chi connectivity index (χ4v) is 2.63. The van der Waals surface area contributed by atoms with Gasteiger partial charge in [0.2, 0.25) is 0 Å². The second-order valence-corrected chi connectivity index (χ2v) is 6.94. The lowest BCUT2D eigenvalue weighted by Gasteiger charge is -2.29. The zero-order valence-electron chi connectivity index (χ0n) is 14.2. The summed E-state index contributed by atoms with van der Waals surface area (Å²) in [5.74, 6) is 0.659. The molecule has 2 rings (SSSR count). The molecule has 0 radical (unpaired) electrons. The van der Waals surface area contributed by atoms with Crippen LogP contribution in [0.5, 0.6) is 0 Å². The number of likely N-dealkylation sites (tertiary alicyclic amines) is 1. The summed E-state index contributed by atoms with van der Waals surface area (Å²) in [5.41, 5.74) is -0.540. The molecule has 0 aromatic carbocycles. The van der Waals surface area contributed by atoms with Crippen LogP contribution in [0.15, 0.2) is 18.5 Å². The molecular formula is C16H25FN4O2. The van der Waals surface area contributed by atoms with Gasteiger partial charge < -0.3 is 9.64 Å². The maximum atomic E-state index is 13.8. The number of alkyl halides is 1. The monoisotopic (exact) mass is 324 g/mol. The van der Waals surface area contributed by atoms with E-state index in [0.29, 0.717) is 31.9 Å². The van der Waals surface area contributed by atoms with Crippen molar-refractivity contribution in [2.24, 2.45) is 0 Å². The molecule has 0 saturated carbocycles. The normalized spacial score (nSPS) is 22.1. The first-order chi connectivity index (χ1) is 10.7. The van der Waals surface area contributed by atoms with Gasteiger partial charge in [-0.2, -0.15) is 0 Å². The van der Waals surface area contributed by atoms with E-state index < -0.39 is 17.9 Å². The molecule has 128 valence electrons. The minimum absolute atomic E-state index is 0.0636. The van der Waals surface area contributed by atoms with E-state index in [4.69, 9.17) is 4.74 Å². The lowest BCUT2D eigenvalue weighted by Crippen LogP contribution is -2.43. The van der Waals surface area contributed by atoms with Gasteiger partial charge >= 0.3 is 6.09 Å². The maximum absolute atomic E-state index is 13.8. The molecule has 1 amide bonds. The summed E-state index contributed by atoms with van der Waals surface area (Å²) in [4.78, 5) is 23.9. The summed E-state index contributed by atoms with van der Waals surface area (Å²) in [6.07, 6.45) is 2.46. The largest absolute Gasteiger partial charge is 0.444 e. The summed E-state index contributed by atoms with van der Waals surface area (Å²) in [6, 6.07) is 1.69. The van der Waals surface area contributed by atoms with Gasteiger partial charge in [0.25, 0.3) is 0 Å². The molecule has 2 heterocycles. The lowest BCUT2D eigenvalue weighted by atomic mass is 10.2. The van der Waals surface area contributed by atoms with Gasteiger partial charge in [-0.1, -0.05) is 0 Å². The molecule has 1 saturated heterocycles. The maximum Gasteiger partial charge on any atom is 0.410 e. The van der Waals surface area contributed by atoms with Crippen molar-refractivity contribution in [3.05, 3.63) is 24.3 Å². The highest BCUT2D eigenvalue weighted by atomic mass is 19.1. The average molecular weight is 324 g/mol. The molecule has 1 aliphatic rings. The van der Waals surface area contributed by atoms with Gasteiger partial charge in [0.05, 0.1) is 6.54 Å². The number of nitrogens with zero attached hydrogens (tertiary/aromatic N) is 4. The van der Waals surface area contributed by atoms with Crippen LogP contribution >= 0.6 is 0 Å². The second kappa shape index (κ2) is 7.21. The number of aromatic nitrogens is 2. The predicted molar refractivity (Wildman–Crippen MR) is 84.6 cm³/mol. The van der Waals surface area contributed by atoms with Crippen molar-refractivity contribution in [3.8, 4) is 0 Å². The van der Waals surface area contributed by atoms with Crippen molar-refractivity contribution in [1.29, 1.82) is 0 Å².